The number of hydrogen-bond acceptors (Lipinski definition) is 4. The quantitative estimate of drug-likeness (QED) is 0.373. The summed E-state index contributed by atoms with van der Waals surface area (Å²) in [6.45, 7) is 9.55. The highest BCUT2D eigenvalue weighted by Crippen LogP contribution is 2.16. The molecule has 2 aromatic rings. The average molecular weight is 440 g/mol. The van der Waals surface area contributed by atoms with E-state index >= 15 is 0 Å². The van der Waals surface area contributed by atoms with Gasteiger partial charge in [-0.15, -0.1) is 0 Å². The van der Waals surface area contributed by atoms with Gasteiger partial charge in [-0.05, 0) is 71.0 Å². The van der Waals surface area contributed by atoms with Gasteiger partial charge in [-0.3, -0.25) is 9.59 Å². The number of nitrogens with one attached hydrogen (secondary N) is 4. The second-order valence-corrected chi connectivity index (χ2v) is 8.55. The molecule has 0 heterocycles. The van der Waals surface area contributed by atoms with Gasteiger partial charge in [0.15, 0.2) is 5.96 Å². The molecule has 0 aromatic heterocycles. The molecular weight excluding hydrogens is 406 g/mol. The Kier molecular flexibility index (Phi) is 9.07. The minimum atomic E-state index is -0.342. The average Bonchev–Trinajstić information content (AvgIpc) is 2.70. The number of benzene rings is 2. The van der Waals surface area contributed by atoms with Crippen molar-refractivity contribution >= 4 is 29.1 Å². The van der Waals surface area contributed by atoms with Crippen molar-refractivity contribution < 1.29 is 14.3 Å². The number of ether oxygens (including phenoxy) is 1. The molecule has 0 spiro atoms. The van der Waals surface area contributed by atoms with E-state index in [1.165, 1.54) is 0 Å². The van der Waals surface area contributed by atoms with Crippen molar-refractivity contribution in [2.75, 3.05) is 23.7 Å². The lowest BCUT2D eigenvalue weighted by Crippen LogP contribution is -2.47. The summed E-state index contributed by atoms with van der Waals surface area (Å²) >= 11 is 0. The zero-order chi connectivity index (χ0) is 23.6. The van der Waals surface area contributed by atoms with Gasteiger partial charge in [-0.2, -0.15) is 0 Å². The summed E-state index contributed by atoms with van der Waals surface area (Å²) < 4.78 is 5.66. The van der Waals surface area contributed by atoms with Crippen LogP contribution >= 0.6 is 0 Å². The molecule has 0 saturated carbocycles. The fourth-order valence-electron chi connectivity index (χ4n) is 2.66. The van der Waals surface area contributed by atoms with Crippen molar-refractivity contribution in [3.63, 3.8) is 0 Å². The fraction of sp³-hybridized carbons (Fsp3) is 0.375. The van der Waals surface area contributed by atoms with Gasteiger partial charge in [0.05, 0.1) is 12.6 Å². The van der Waals surface area contributed by atoms with Crippen molar-refractivity contribution in [1.82, 2.24) is 10.6 Å². The van der Waals surface area contributed by atoms with E-state index in [9.17, 15) is 9.59 Å². The van der Waals surface area contributed by atoms with E-state index in [-0.39, 0.29) is 36.5 Å². The maximum absolute atomic E-state index is 12.3. The van der Waals surface area contributed by atoms with Crippen LogP contribution in [0.15, 0.2) is 59.6 Å². The van der Waals surface area contributed by atoms with Crippen LogP contribution in [-0.2, 0) is 9.59 Å². The predicted molar refractivity (Wildman–Crippen MR) is 129 cm³/mol. The van der Waals surface area contributed by atoms with Crippen LogP contribution in [0.4, 0.5) is 11.4 Å². The van der Waals surface area contributed by atoms with E-state index in [1.807, 2.05) is 77.1 Å². The van der Waals surface area contributed by atoms with Crippen LogP contribution in [-0.4, -0.2) is 42.5 Å². The SMILES string of the molecule is CC(C)Oc1ccc(NC(=NCC(=O)Nc2ccccc2)NCC(=O)NC(C)(C)C)cc1. The van der Waals surface area contributed by atoms with Crippen LogP contribution in [0.2, 0.25) is 0 Å². The monoisotopic (exact) mass is 439 g/mol. The van der Waals surface area contributed by atoms with Gasteiger partial charge in [-0.25, -0.2) is 4.99 Å². The van der Waals surface area contributed by atoms with Gasteiger partial charge in [0, 0.05) is 16.9 Å². The number of aliphatic imine (C=N–C) groups is 1. The molecule has 0 bridgehead atoms. The summed E-state index contributed by atoms with van der Waals surface area (Å²) in [7, 11) is 0. The van der Waals surface area contributed by atoms with Crippen LogP contribution in [0.3, 0.4) is 0 Å². The van der Waals surface area contributed by atoms with Crippen molar-refractivity contribution in [2.45, 2.75) is 46.3 Å². The van der Waals surface area contributed by atoms with Crippen LogP contribution in [0.1, 0.15) is 34.6 Å². The number of rotatable bonds is 8. The van der Waals surface area contributed by atoms with Crippen LogP contribution in [0.5, 0.6) is 5.75 Å². The number of guanidine groups is 1. The Morgan fingerprint density at radius 2 is 1.53 bits per heavy atom. The Morgan fingerprint density at radius 3 is 2.12 bits per heavy atom. The molecule has 172 valence electrons. The number of hydrogen-bond donors (Lipinski definition) is 4. The highest BCUT2D eigenvalue weighted by molar-refractivity contribution is 5.99. The molecule has 0 fully saturated rings. The van der Waals surface area contributed by atoms with E-state index in [0.717, 1.165) is 11.4 Å². The Hall–Kier alpha value is -3.55. The molecule has 4 N–H and O–H groups in total. The number of anilines is 2. The number of amides is 2. The highest BCUT2D eigenvalue weighted by atomic mass is 16.5. The molecule has 0 aliphatic heterocycles. The van der Waals surface area contributed by atoms with Gasteiger partial charge in [0.2, 0.25) is 11.8 Å². The molecule has 0 saturated heterocycles. The van der Waals surface area contributed by atoms with Crippen molar-refractivity contribution in [1.29, 1.82) is 0 Å². The fourth-order valence-corrected chi connectivity index (χ4v) is 2.66. The Bertz CT molecular complexity index is 903. The van der Waals surface area contributed by atoms with Crippen LogP contribution < -0.4 is 26.0 Å². The summed E-state index contributed by atoms with van der Waals surface area (Å²) in [4.78, 5) is 28.8. The summed E-state index contributed by atoms with van der Waals surface area (Å²) in [5, 5.41) is 11.8. The first-order valence-electron chi connectivity index (χ1n) is 10.6. The first-order chi connectivity index (χ1) is 15.1. The molecule has 2 rings (SSSR count). The van der Waals surface area contributed by atoms with Gasteiger partial charge < -0.3 is 26.0 Å². The topological polar surface area (TPSA) is 104 Å². The number of para-hydroxylation sites is 1. The largest absolute Gasteiger partial charge is 0.491 e. The zero-order valence-corrected chi connectivity index (χ0v) is 19.4. The third-order valence-electron chi connectivity index (χ3n) is 3.86. The van der Waals surface area contributed by atoms with Crippen LogP contribution in [0, 0.1) is 0 Å². The Morgan fingerprint density at radius 1 is 0.906 bits per heavy atom. The molecule has 0 aliphatic rings. The Labute approximate surface area is 189 Å². The maximum Gasteiger partial charge on any atom is 0.246 e. The number of nitrogens with zero attached hydrogens (tertiary/aromatic N) is 1. The molecule has 2 amide bonds. The second-order valence-electron chi connectivity index (χ2n) is 8.55. The van der Waals surface area contributed by atoms with E-state index in [2.05, 4.69) is 26.3 Å². The molecule has 8 nitrogen and oxygen atoms in total. The molecule has 32 heavy (non-hydrogen) atoms. The van der Waals surface area contributed by atoms with Crippen molar-refractivity contribution in [2.24, 2.45) is 4.99 Å². The van der Waals surface area contributed by atoms with Crippen molar-refractivity contribution in [3.8, 4) is 5.75 Å². The summed E-state index contributed by atoms with van der Waals surface area (Å²) in [5.74, 6) is 0.622. The highest BCUT2D eigenvalue weighted by Gasteiger charge is 2.14. The van der Waals surface area contributed by atoms with Gasteiger partial charge >= 0.3 is 0 Å². The van der Waals surface area contributed by atoms with E-state index in [0.29, 0.717) is 11.6 Å². The molecule has 0 unspecified atom stereocenters. The lowest BCUT2D eigenvalue weighted by molar-refractivity contribution is -0.121. The summed E-state index contributed by atoms with van der Waals surface area (Å²) in [5.41, 5.74) is 1.10. The number of carbonyl (C=O) groups excluding carboxylic acids is 2. The molecule has 8 heteroatoms. The standard InChI is InChI=1S/C24H33N5O3/c1-17(2)32-20-13-11-19(12-14-20)28-23(26-16-22(31)29-24(3,4)5)25-15-21(30)27-18-9-7-6-8-10-18/h6-14,17H,15-16H2,1-5H3,(H,27,30)(H,29,31)(H2,25,26,28). The molecule has 2 aromatic carbocycles. The molecule has 0 atom stereocenters. The smallest absolute Gasteiger partial charge is 0.246 e. The first kappa shape index (κ1) is 24.7. The minimum Gasteiger partial charge on any atom is -0.491 e. The Balaban J connectivity index is 2.04. The minimum absolute atomic E-state index is 0.0119. The lowest BCUT2D eigenvalue weighted by atomic mass is 10.1. The van der Waals surface area contributed by atoms with Crippen LogP contribution in [0.25, 0.3) is 0 Å². The zero-order valence-electron chi connectivity index (χ0n) is 19.4. The third-order valence-corrected chi connectivity index (χ3v) is 3.86. The van der Waals surface area contributed by atoms with Gasteiger partial charge in [0.1, 0.15) is 12.3 Å². The summed E-state index contributed by atoms with van der Waals surface area (Å²) in [6.07, 6.45) is 0.0806. The second kappa shape index (κ2) is 11.7. The maximum atomic E-state index is 12.3. The molecule has 0 aliphatic carbocycles. The number of carbonyl (C=O) groups is 2. The molecular formula is C24H33N5O3. The third kappa shape index (κ3) is 9.97. The first-order valence-corrected chi connectivity index (χ1v) is 10.6. The van der Waals surface area contributed by atoms with Crippen molar-refractivity contribution in [3.05, 3.63) is 54.6 Å². The van der Waals surface area contributed by atoms with Gasteiger partial charge in [0.25, 0.3) is 0 Å². The van der Waals surface area contributed by atoms with E-state index in [4.69, 9.17) is 4.74 Å². The predicted octanol–water partition coefficient (Wildman–Crippen LogP) is 3.38. The molecule has 0 radical (unpaired) electrons. The van der Waals surface area contributed by atoms with E-state index < -0.39 is 0 Å². The normalized spacial score (nSPS) is 11.6. The van der Waals surface area contributed by atoms with E-state index in [1.54, 1.807) is 12.1 Å². The summed E-state index contributed by atoms with van der Waals surface area (Å²) in [6, 6.07) is 16.5. The lowest BCUT2D eigenvalue weighted by Gasteiger charge is -2.21. The van der Waals surface area contributed by atoms with Gasteiger partial charge in [-0.1, -0.05) is 18.2 Å².